The largest absolute Gasteiger partial charge is 0.384 e. The van der Waals surface area contributed by atoms with Crippen LogP contribution in [-0.2, 0) is 10.0 Å². The van der Waals surface area contributed by atoms with Gasteiger partial charge in [0, 0.05) is 11.9 Å². The van der Waals surface area contributed by atoms with Gasteiger partial charge < -0.3 is 11.1 Å². The maximum Gasteiger partial charge on any atom is 0.263 e. The van der Waals surface area contributed by atoms with Crippen LogP contribution in [0.5, 0.6) is 0 Å². The Morgan fingerprint density at radius 2 is 1.62 bits per heavy atom. The van der Waals surface area contributed by atoms with Gasteiger partial charge in [-0.15, -0.1) is 0 Å². The molecule has 0 aliphatic carbocycles. The quantitative estimate of drug-likeness (QED) is 0.658. The van der Waals surface area contributed by atoms with Crippen LogP contribution in [0.3, 0.4) is 0 Å². The van der Waals surface area contributed by atoms with E-state index in [1.807, 2.05) is 0 Å². The first-order valence-electron chi connectivity index (χ1n) is 7.05. The lowest BCUT2D eigenvalue weighted by Crippen LogP contribution is -2.13. The van der Waals surface area contributed by atoms with Crippen LogP contribution in [0.15, 0.2) is 71.9 Å². The Labute approximate surface area is 139 Å². The minimum Gasteiger partial charge on any atom is -0.384 e. The fraction of sp³-hybridized carbons (Fsp3) is 0. The van der Waals surface area contributed by atoms with Crippen molar-refractivity contribution in [2.24, 2.45) is 0 Å². The van der Waals surface area contributed by atoms with Gasteiger partial charge in [-0.25, -0.2) is 18.4 Å². The number of pyridine rings is 2. The van der Waals surface area contributed by atoms with Gasteiger partial charge in [0.05, 0.1) is 16.8 Å². The van der Waals surface area contributed by atoms with Crippen LogP contribution in [-0.4, -0.2) is 18.4 Å². The van der Waals surface area contributed by atoms with Crippen LogP contribution in [0.2, 0.25) is 0 Å². The number of nitrogens with two attached hydrogens (primary N) is 1. The van der Waals surface area contributed by atoms with Crippen molar-refractivity contribution >= 4 is 33.0 Å². The van der Waals surface area contributed by atoms with Crippen LogP contribution in [0.4, 0.5) is 23.0 Å². The van der Waals surface area contributed by atoms with Crippen LogP contribution in [0.25, 0.3) is 0 Å². The zero-order chi connectivity index (χ0) is 17.0. The van der Waals surface area contributed by atoms with Crippen molar-refractivity contribution in [2.45, 2.75) is 4.90 Å². The van der Waals surface area contributed by atoms with Crippen molar-refractivity contribution in [3.63, 3.8) is 0 Å². The average Bonchev–Trinajstić information content (AvgIpc) is 2.58. The van der Waals surface area contributed by atoms with E-state index in [4.69, 9.17) is 5.73 Å². The molecule has 0 bridgehead atoms. The molecule has 3 aromatic rings. The summed E-state index contributed by atoms with van der Waals surface area (Å²) in [6.45, 7) is 0. The van der Waals surface area contributed by atoms with Gasteiger partial charge in [-0.1, -0.05) is 6.07 Å². The SMILES string of the molecule is Nc1ccc(Nc2ccc(S(=O)(=O)Nc3ccccn3)cc2)cn1. The molecular weight excluding hydrogens is 326 g/mol. The van der Waals surface area contributed by atoms with Crippen LogP contribution in [0.1, 0.15) is 0 Å². The summed E-state index contributed by atoms with van der Waals surface area (Å²) < 4.78 is 27.1. The first-order chi connectivity index (χ1) is 11.5. The second kappa shape index (κ2) is 6.55. The summed E-state index contributed by atoms with van der Waals surface area (Å²) in [5.74, 6) is 0.704. The number of rotatable bonds is 5. The molecule has 3 rings (SSSR count). The number of nitrogen functional groups attached to an aromatic ring is 1. The van der Waals surface area contributed by atoms with Crippen molar-refractivity contribution in [1.82, 2.24) is 9.97 Å². The Hall–Kier alpha value is -3.13. The number of nitrogens with zero attached hydrogens (tertiary/aromatic N) is 2. The van der Waals surface area contributed by atoms with Crippen molar-refractivity contribution < 1.29 is 8.42 Å². The van der Waals surface area contributed by atoms with Gasteiger partial charge in [0.25, 0.3) is 10.0 Å². The lowest BCUT2D eigenvalue weighted by atomic mass is 10.3. The summed E-state index contributed by atoms with van der Waals surface area (Å²) in [5, 5.41) is 3.11. The number of hydrogen-bond donors (Lipinski definition) is 3. The van der Waals surface area contributed by atoms with Gasteiger partial charge in [-0.2, -0.15) is 0 Å². The Bertz CT molecular complexity index is 911. The third-order valence-electron chi connectivity index (χ3n) is 3.14. The average molecular weight is 341 g/mol. The van der Waals surface area contributed by atoms with Crippen molar-refractivity contribution in [1.29, 1.82) is 0 Å². The Morgan fingerprint density at radius 1 is 0.875 bits per heavy atom. The molecular formula is C16H15N5O2S. The van der Waals surface area contributed by atoms with Gasteiger partial charge >= 0.3 is 0 Å². The molecule has 8 heteroatoms. The molecule has 0 saturated heterocycles. The molecule has 24 heavy (non-hydrogen) atoms. The topological polar surface area (TPSA) is 110 Å². The fourth-order valence-electron chi connectivity index (χ4n) is 1.98. The highest BCUT2D eigenvalue weighted by atomic mass is 32.2. The number of aromatic nitrogens is 2. The highest BCUT2D eigenvalue weighted by Crippen LogP contribution is 2.20. The second-order valence-corrected chi connectivity index (χ2v) is 6.62. The van der Waals surface area contributed by atoms with E-state index in [0.717, 1.165) is 11.4 Å². The standard InChI is InChI=1S/C16H15N5O2S/c17-15-9-6-13(11-19-15)20-12-4-7-14(8-5-12)24(22,23)21-16-3-1-2-10-18-16/h1-11,20H,(H2,17,19)(H,18,21). The second-order valence-electron chi connectivity index (χ2n) is 4.94. The Morgan fingerprint density at radius 3 is 2.25 bits per heavy atom. The molecule has 0 saturated carbocycles. The highest BCUT2D eigenvalue weighted by molar-refractivity contribution is 7.92. The molecule has 0 amide bonds. The summed E-state index contributed by atoms with van der Waals surface area (Å²) in [7, 11) is -3.68. The molecule has 0 radical (unpaired) electrons. The summed E-state index contributed by atoms with van der Waals surface area (Å²) in [6.07, 6.45) is 3.12. The summed E-state index contributed by atoms with van der Waals surface area (Å²) in [5.41, 5.74) is 7.02. The molecule has 4 N–H and O–H groups in total. The number of hydrogen-bond acceptors (Lipinski definition) is 6. The van der Waals surface area contributed by atoms with Crippen LogP contribution >= 0.6 is 0 Å². The molecule has 2 aromatic heterocycles. The van der Waals surface area contributed by atoms with E-state index in [-0.39, 0.29) is 10.7 Å². The van der Waals surface area contributed by atoms with Crippen LogP contribution < -0.4 is 15.8 Å². The van der Waals surface area contributed by atoms with Crippen molar-refractivity contribution in [3.8, 4) is 0 Å². The number of benzene rings is 1. The van der Waals surface area contributed by atoms with E-state index in [2.05, 4.69) is 20.0 Å². The smallest absolute Gasteiger partial charge is 0.263 e. The normalized spacial score (nSPS) is 11.0. The maximum absolute atomic E-state index is 12.3. The monoisotopic (exact) mass is 341 g/mol. The Balaban J connectivity index is 1.75. The molecule has 0 fully saturated rings. The number of nitrogens with one attached hydrogen (secondary N) is 2. The molecule has 0 spiro atoms. The van der Waals surface area contributed by atoms with E-state index in [9.17, 15) is 8.42 Å². The molecule has 0 unspecified atom stereocenters. The molecule has 122 valence electrons. The van der Waals surface area contributed by atoms with E-state index in [1.54, 1.807) is 48.7 Å². The van der Waals surface area contributed by atoms with Gasteiger partial charge in [-0.3, -0.25) is 4.72 Å². The molecule has 2 heterocycles. The lowest BCUT2D eigenvalue weighted by molar-refractivity contribution is 0.601. The van der Waals surface area contributed by atoms with Crippen molar-refractivity contribution in [2.75, 3.05) is 15.8 Å². The molecule has 0 atom stereocenters. The first-order valence-corrected chi connectivity index (χ1v) is 8.54. The summed E-state index contributed by atoms with van der Waals surface area (Å²) in [4.78, 5) is 8.08. The van der Waals surface area contributed by atoms with E-state index in [1.165, 1.54) is 18.3 Å². The zero-order valence-corrected chi connectivity index (χ0v) is 13.4. The zero-order valence-electron chi connectivity index (χ0n) is 12.5. The molecule has 7 nitrogen and oxygen atoms in total. The number of anilines is 4. The van der Waals surface area contributed by atoms with Gasteiger partial charge in [0.15, 0.2) is 0 Å². The summed E-state index contributed by atoms with van der Waals surface area (Å²) in [6, 6.07) is 14.8. The minimum atomic E-state index is -3.68. The molecule has 1 aromatic carbocycles. The highest BCUT2D eigenvalue weighted by Gasteiger charge is 2.14. The van der Waals surface area contributed by atoms with E-state index in [0.29, 0.717) is 5.82 Å². The third-order valence-corrected chi connectivity index (χ3v) is 4.51. The van der Waals surface area contributed by atoms with Gasteiger partial charge in [0.2, 0.25) is 0 Å². The van der Waals surface area contributed by atoms with Crippen LogP contribution in [0, 0.1) is 0 Å². The fourth-order valence-corrected chi connectivity index (χ4v) is 2.99. The predicted octanol–water partition coefficient (Wildman–Crippen LogP) is 2.60. The molecule has 0 aliphatic rings. The minimum absolute atomic E-state index is 0.147. The maximum atomic E-state index is 12.3. The number of sulfonamides is 1. The van der Waals surface area contributed by atoms with E-state index >= 15 is 0 Å². The van der Waals surface area contributed by atoms with E-state index < -0.39 is 10.0 Å². The Kier molecular flexibility index (Phi) is 4.30. The van der Waals surface area contributed by atoms with Crippen molar-refractivity contribution in [3.05, 3.63) is 67.0 Å². The lowest BCUT2D eigenvalue weighted by Gasteiger charge is -2.09. The van der Waals surface area contributed by atoms with Gasteiger partial charge in [-0.05, 0) is 48.5 Å². The third kappa shape index (κ3) is 3.79. The predicted molar refractivity (Wildman–Crippen MR) is 93.4 cm³/mol. The molecule has 0 aliphatic heterocycles. The first kappa shape index (κ1) is 15.8. The van der Waals surface area contributed by atoms with Gasteiger partial charge in [0.1, 0.15) is 11.6 Å². The summed E-state index contributed by atoms with van der Waals surface area (Å²) >= 11 is 0.